The molecule has 1 saturated heterocycles. The van der Waals surface area contributed by atoms with Crippen molar-refractivity contribution in [3.05, 3.63) is 76.8 Å². The zero-order chi connectivity index (χ0) is 23.3. The fraction of sp³-hybridized carbons (Fsp3) is 0.280. The van der Waals surface area contributed by atoms with E-state index in [1.54, 1.807) is 10.9 Å². The first-order valence-corrected chi connectivity index (χ1v) is 10.8. The summed E-state index contributed by atoms with van der Waals surface area (Å²) in [7, 11) is 0. The smallest absolute Gasteiger partial charge is 0.339 e. The predicted octanol–water partition coefficient (Wildman–Crippen LogP) is 4.22. The van der Waals surface area contributed by atoms with E-state index in [0.717, 1.165) is 43.9 Å². The molecule has 1 fully saturated rings. The number of nitrogens with one attached hydrogen (secondary N) is 1. The van der Waals surface area contributed by atoms with Crippen LogP contribution in [-0.4, -0.2) is 33.7 Å². The average Bonchev–Trinajstić information content (AvgIpc) is 3.26. The van der Waals surface area contributed by atoms with Crippen LogP contribution >= 0.6 is 0 Å². The van der Waals surface area contributed by atoms with E-state index in [2.05, 4.69) is 26.2 Å². The first-order valence-electron chi connectivity index (χ1n) is 10.8. The highest BCUT2D eigenvalue weighted by atomic mass is 16.1. The Labute approximate surface area is 193 Å². The number of primary amides is 1. The van der Waals surface area contributed by atoms with Crippen LogP contribution in [0, 0.1) is 17.9 Å². The third kappa shape index (κ3) is 4.87. The van der Waals surface area contributed by atoms with Crippen LogP contribution in [0.3, 0.4) is 0 Å². The first kappa shape index (κ1) is 22.1. The molecule has 1 aliphatic rings. The Morgan fingerprint density at radius 3 is 2.48 bits per heavy atom. The van der Waals surface area contributed by atoms with Crippen molar-refractivity contribution in [3.8, 4) is 12.6 Å². The van der Waals surface area contributed by atoms with E-state index in [4.69, 9.17) is 12.3 Å². The summed E-state index contributed by atoms with van der Waals surface area (Å²) in [6.07, 6.45) is 3.46. The molecule has 33 heavy (non-hydrogen) atoms. The fourth-order valence-corrected chi connectivity index (χ4v) is 4.25. The molecule has 0 aliphatic carbocycles. The lowest BCUT2D eigenvalue weighted by atomic mass is 9.84. The number of hydrogen-bond acceptors (Lipinski definition) is 5. The summed E-state index contributed by atoms with van der Waals surface area (Å²) in [5.41, 5.74) is 8.19. The Hall–Kier alpha value is -4.14. The number of rotatable bonds is 7. The number of piperidine rings is 1. The Balaban J connectivity index is 1.53. The van der Waals surface area contributed by atoms with Gasteiger partial charge < -0.3 is 11.1 Å². The maximum absolute atomic E-state index is 12.1. The molecule has 0 bridgehead atoms. The van der Waals surface area contributed by atoms with Gasteiger partial charge in [0.2, 0.25) is 0 Å². The van der Waals surface area contributed by atoms with Crippen molar-refractivity contribution in [3.63, 3.8) is 0 Å². The van der Waals surface area contributed by atoms with E-state index in [-0.39, 0.29) is 0 Å². The van der Waals surface area contributed by atoms with Crippen LogP contribution in [-0.2, 0) is 12.1 Å². The largest absolute Gasteiger partial charge is 0.365 e. The molecule has 8 nitrogen and oxygen atoms in total. The molecule has 2 aromatic carbocycles. The molecule has 3 aromatic rings. The van der Waals surface area contributed by atoms with Crippen LogP contribution in [0.15, 0.2) is 60.8 Å². The van der Waals surface area contributed by atoms with Crippen molar-refractivity contribution in [2.24, 2.45) is 5.73 Å². The first-order chi connectivity index (χ1) is 16.0. The summed E-state index contributed by atoms with van der Waals surface area (Å²) in [6, 6.07) is 19.7. The van der Waals surface area contributed by atoms with Gasteiger partial charge in [-0.1, -0.05) is 18.2 Å². The summed E-state index contributed by atoms with van der Waals surface area (Å²) in [4.78, 5) is 18.2. The van der Waals surface area contributed by atoms with Crippen molar-refractivity contribution in [2.45, 2.75) is 31.3 Å². The summed E-state index contributed by atoms with van der Waals surface area (Å²) in [5, 5.41) is 17.4. The highest BCUT2D eigenvalue weighted by Gasteiger charge is 2.38. The monoisotopic (exact) mass is 440 g/mol. The van der Waals surface area contributed by atoms with Gasteiger partial charge in [0.05, 0.1) is 18.0 Å². The normalized spacial score (nSPS) is 15.3. The molecule has 0 spiro atoms. The zero-order valence-corrected chi connectivity index (χ0v) is 18.3. The average molecular weight is 441 g/mol. The summed E-state index contributed by atoms with van der Waals surface area (Å²) >= 11 is 0. The molecule has 3 N–H and O–H groups in total. The Morgan fingerprint density at radius 1 is 1.18 bits per heavy atom. The maximum Gasteiger partial charge on any atom is 0.339 e. The van der Waals surface area contributed by atoms with E-state index in [1.807, 2.05) is 54.6 Å². The van der Waals surface area contributed by atoms with Crippen molar-refractivity contribution in [1.29, 1.82) is 5.26 Å². The van der Waals surface area contributed by atoms with E-state index in [1.165, 1.54) is 5.56 Å². The van der Waals surface area contributed by atoms with Crippen molar-refractivity contribution < 1.29 is 4.79 Å². The molecule has 1 aromatic heterocycles. The van der Waals surface area contributed by atoms with Crippen LogP contribution in [0.5, 0.6) is 0 Å². The quantitative estimate of drug-likeness (QED) is 0.572. The third-order valence-corrected chi connectivity index (χ3v) is 6.19. The number of benzene rings is 2. The molecule has 0 unspecified atom stereocenters. The molecule has 166 valence electrons. The molecular formula is C25H26N7O+. The van der Waals surface area contributed by atoms with Crippen molar-refractivity contribution in [2.75, 3.05) is 18.4 Å². The second-order valence-corrected chi connectivity index (χ2v) is 8.32. The molecule has 8 heteroatoms. The van der Waals surface area contributed by atoms with Gasteiger partial charge >= 0.3 is 5.69 Å². The lowest BCUT2D eigenvalue weighted by Crippen LogP contribution is -2.46. The Morgan fingerprint density at radius 2 is 1.88 bits per heavy atom. The van der Waals surface area contributed by atoms with Crippen LogP contribution in [0.4, 0.5) is 17.2 Å². The molecule has 2 heterocycles. The number of para-hydroxylation sites is 1. The minimum absolute atomic E-state index is 0.304. The van der Waals surface area contributed by atoms with Gasteiger partial charge in [0.25, 0.3) is 12.5 Å². The number of likely N-dealkylation sites (tertiary alicyclic amines) is 1. The number of carbonyl (C=O) groups excluding carboxylic acids is 1. The van der Waals surface area contributed by atoms with Crippen LogP contribution in [0.25, 0.3) is 4.85 Å². The molecule has 1 amide bonds. The predicted molar refractivity (Wildman–Crippen MR) is 128 cm³/mol. The van der Waals surface area contributed by atoms with E-state index in [0.29, 0.717) is 17.8 Å². The van der Waals surface area contributed by atoms with Gasteiger partial charge in [-0.25, -0.2) is 0 Å². The van der Waals surface area contributed by atoms with Crippen molar-refractivity contribution in [1.82, 2.24) is 14.7 Å². The van der Waals surface area contributed by atoms with Gasteiger partial charge in [0.15, 0.2) is 5.82 Å². The molecule has 0 atom stereocenters. The van der Waals surface area contributed by atoms with Crippen LogP contribution < -0.4 is 11.1 Å². The zero-order valence-electron chi connectivity index (χ0n) is 18.3. The van der Waals surface area contributed by atoms with E-state index >= 15 is 0 Å². The number of nitrogens with two attached hydrogens (primary N) is 1. The summed E-state index contributed by atoms with van der Waals surface area (Å²) < 4.78 is 1.77. The second kappa shape index (κ2) is 9.56. The van der Waals surface area contributed by atoms with Gasteiger partial charge in [-0.2, -0.15) is 10.4 Å². The number of aromatic nitrogens is 2. The lowest BCUT2D eigenvalue weighted by Gasteiger charge is -2.40. The van der Waals surface area contributed by atoms with E-state index < -0.39 is 11.4 Å². The summed E-state index contributed by atoms with van der Waals surface area (Å²) in [5.74, 6) is -0.157. The Kier molecular flexibility index (Phi) is 6.39. The number of hydrogen-bond donors (Lipinski definition) is 2. The summed E-state index contributed by atoms with van der Waals surface area (Å²) in [6.45, 7) is 7.73. The Bertz CT molecular complexity index is 1190. The minimum atomic E-state index is -0.558. The molecule has 1 aliphatic heterocycles. The second-order valence-electron chi connectivity index (χ2n) is 8.32. The molecular weight excluding hydrogens is 414 g/mol. The van der Waals surface area contributed by atoms with Gasteiger partial charge in [-0.15, -0.1) is 0 Å². The maximum atomic E-state index is 12.1. The van der Waals surface area contributed by atoms with Crippen LogP contribution in [0.1, 0.15) is 35.2 Å². The molecule has 0 radical (unpaired) electrons. The number of nitriles is 1. The number of nitrogens with zero attached hydrogens (tertiary/aromatic N) is 5. The third-order valence-electron chi connectivity index (χ3n) is 6.19. The topological polar surface area (TPSA) is 104 Å². The van der Waals surface area contributed by atoms with E-state index in [9.17, 15) is 10.1 Å². The number of anilines is 2. The van der Waals surface area contributed by atoms with Crippen LogP contribution in [0.2, 0.25) is 0 Å². The van der Waals surface area contributed by atoms with Gasteiger partial charge in [-0.3, -0.25) is 14.4 Å². The van der Waals surface area contributed by atoms with Gasteiger partial charge in [-0.05, 0) is 47.5 Å². The van der Waals surface area contributed by atoms with Gasteiger partial charge in [0, 0.05) is 43.7 Å². The fourth-order valence-electron chi connectivity index (χ4n) is 4.25. The number of amides is 1. The van der Waals surface area contributed by atoms with Gasteiger partial charge in [0.1, 0.15) is 5.56 Å². The van der Waals surface area contributed by atoms with Crippen molar-refractivity contribution >= 4 is 23.1 Å². The molecule has 4 rings (SSSR count). The lowest BCUT2D eigenvalue weighted by molar-refractivity contribution is 0.0967. The minimum Gasteiger partial charge on any atom is -0.365 e. The SMILES string of the molecule is C#[N+]c1ccc(CN2CCC(CC#N)(n3cc(C(N)=O)c(Nc4ccccc4)n3)CC2)cc1. The standard InChI is InChI=1S/C25H25N7O/c1-28-20-9-7-19(8-10-20)17-31-15-12-25(11-14-26,13-16-31)32-18-22(23(27)33)24(30-32)29-21-5-3-2-4-6-21/h1-10,18H,11-13,15-17H2,(H2-,27,29,30,33)/p+1. The highest BCUT2D eigenvalue weighted by molar-refractivity contribution is 5.98. The molecule has 0 saturated carbocycles. The highest BCUT2D eigenvalue weighted by Crippen LogP contribution is 2.35. The number of carbonyl (C=O) groups is 1.